The minimum Gasteiger partial charge on any atom is -0.262 e. The van der Waals surface area contributed by atoms with Gasteiger partial charge >= 0.3 is 0 Å². The summed E-state index contributed by atoms with van der Waals surface area (Å²) in [5, 5.41) is 0. The Hall–Kier alpha value is -2.11. The highest BCUT2D eigenvalue weighted by molar-refractivity contribution is 9.10. The fourth-order valence-electron chi connectivity index (χ4n) is 2.39. The third-order valence-electron chi connectivity index (χ3n) is 3.61. The van der Waals surface area contributed by atoms with Gasteiger partial charge in [-0.25, -0.2) is 8.42 Å². The number of nitrogens with zero attached hydrogens (tertiary/aromatic N) is 1. The van der Waals surface area contributed by atoms with Crippen LogP contribution in [0.15, 0.2) is 94.3 Å². The number of benzene rings is 3. The lowest BCUT2D eigenvalue weighted by molar-refractivity contribution is 0.590. The quantitative estimate of drug-likeness (QED) is 0.612. The van der Waals surface area contributed by atoms with Crippen LogP contribution >= 0.6 is 15.9 Å². The molecule has 122 valence electrons. The van der Waals surface area contributed by atoms with Gasteiger partial charge in [0.15, 0.2) is 0 Å². The van der Waals surface area contributed by atoms with E-state index in [-0.39, 0.29) is 11.4 Å². The van der Waals surface area contributed by atoms with Crippen LogP contribution in [-0.2, 0) is 16.6 Å². The van der Waals surface area contributed by atoms with Crippen LogP contribution in [0.3, 0.4) is 0 Å². The fraction of sp³-hybridized carbons (Fsp3) is 0.0526. The van der Waals surface area contributed by atoms with Crippen molar-refractivity contribution in [2.24, 2.45) is 0 Å². The van der Waals surface area contributed by atoms with E-state index in [0.717, 1.165) is 10.0 Å². The molecule has 0 bridgehead atoms. The first kappa shape index (κ1) is 16.7. The van der Waals surface area contributed by atoms with E-state index in [4.69, 9.17) is 0 Å². The molecule has 0 heterocycles. The summed E-state index contributed by atoms with van der Waals surface area (Å²) in [6, 6.07) is 25.4. The zero-order valence-electron chi connectivity index (χ0n) is 12.8. The summed E-state index contributed by atoms with van der Waals surface area (Å²) < 4.78 is 28.6. The lowest BCUT2D eigenvalue weighted by Gasteiger charge is -2.25. The summed E-state index contributed by atoms with van der Waals surface area (Å²) in [6.07, 6.45) is 0. The van der Waals surface area contributed by atoms with Gasteiger partial charge in [0.25, 0.3) is 10.0 Å². The van der Waals surface area contributed by atoms with Gasteiger partial charge in [-0.3, -0.25) is 4.31 Å². The third-order valence-corrected chi connectivity index (χ3v) is 5.93. The highest BCUT2D eigenvalue weighted by Gasteiger charge is 2.24. The maximum atomic E-state index is 13.1. The Morgan fingerprint density at radius 1 is 0.750 bits per heavy atom. The van der Waals surface area contributed by atoms with Crippen LogP contribution in [0.1, 0.15) is 5.56 Å². The van der Waals surface area contributed by atoms with Crippen molar-refractivity contribution in [3.05, 3.63) is 95.0 Å². The molecular weight excluding hydrogens is 386 g/mol. The van der Waals surface area contributed by atoms with Gasteiger partial charge in [-0.05, 0) is 42.0 Å². The van der Waals surface area contributed by atoms with Crippen molar-refractivity contribution in [2.75, 3.05) is 4.31 Å². The Kier molecular flexibility index (Phi) is 5.02. The number of anilines is 1. The van der Waals surface area contributed by atoms with Gasteiger partial charge in [0.1, 0.15) is 0 Å². The number of rotatable bonds is 5. The smallest absolute Gasteiger partial charge is 0.262 e. The minimum atomic E-state index is -3.65. The highest BCUT2D eigenvalue weighted by Crippen LogP contribution is 2.27. The molecule has 24 heavy (non-hydrogen) atoms. The van der Waals surface area contributed by atoms with Gasteiger partial charge in [-0.15, -0.1) is 0 Å². The molecule has 3 nitrogen and oxygen atoms in total. The first-order valence-corrected chi connectivity index (χ1v) is 9.68. The van der Waals surface area contributed by atoms with Crippen molar-refractivity contribution in [3.8, 4) is 0 Å². The second-order valence-corrected chi connectivity index (χ2v) is 8.06. The van der Waals surface area contributed by atoms with Crippen LogP contribution in [0, 0.1) is 0 Å². The average molecular weight is 402 g/mol. The van der Waals surface area contributed by atoms with E-state index < -0.39 is 10.0 Å². The molecule has 0 aliphatic heterocycles. The van der Waals surface area contributed by atoms with Crippen LogP contribution in [0.5, 0.6) is 0 Å². The molecule has 3 rings (SSSR count). The monoisotopic (exact) mass is 401 g/mol. The molecule has 0 aliphatic carbocycles. The summed E-state index contributed by atoms with van der Waals surface area (Å²) in [5.41, 5.74) is 1.56. The third kappa shape index (κ3) is 3.68. The topological polar surface area (TPSA) is 37.4 Å². The van der Waals surface area contributed by atoms with E-state index in [9.17, 15) is 8.42 Å². The summed E-state index contributed by atoms with van der Waals surface area (Å²) in [7, 11) is -3.65. The molecule has 0 spiro atoms. The molecular formula is C19H16BrNO2S. The lowest BCUT2D eigenvalue weighted by Crippen LogP contribution is -2.30. The van der Waals surface area contributed by atoms with Gasteiger partial charge in [-0.2, -0.15) is 0 Å². The number of sulfonamides is 1. The van der Waals surface area contributed by atoms with E-state index in [1.807, 2.05) is 42.5 Å². The highest BCUT2D eigenvalue weighted by atomic mass is 79.9. The van der Waals surface area contributed by atoms with Crippen LogP contribution < -0.4 is 4.31 Å². The fourth-order valence-corrected chi connectivity index (χ4v) is 4.13. The maximum Gasteiger partial charge on any atom is 0.264 e. The van der Waals surface area contributed by atoms with Gasteiger partial charge in [-0.1, -0.05) is 64.5 Å². The normalized spacial score (nSPS) is 11.2. The number of hydrogen-bond acceptors (Lipinski definition) is 2. The molecule has 3 aromatic rings. The second kappa shape index (κ2) is 7.20. The predicted molar refractivity (Wildman–Crippen MR) is 100 cm³/mol. The molecule has 0 fully saturated rings. The van der Waals surface area contributed by atoms with E-state index in [1.165, 1.54) is 4.31 Å². The first-order chi connectivity index (χ1) is 11.6. The van der Waals surface area contributed by atoms with Crippen LogP contribution in [0.4, 0.5) is 5.69 Å². The van der Waals surface area contributed by atoms with Crippen LogP contribution in [0.2, 0.25) is 0 Å². The van der Waals surface area contributed by atoms with E-state index in [2.05, 4.69) is 15.9 Å². The zero-order chi connectivity index (χ0) is 17.0. The van der Waals surface area contributed by atoms with Gasteiger partial charge < -0.3 is 0 Å². The molecule has 0 N–H and O–H groups in total. The maximum absolute atomic E-state index is 13.1. The molecule has 0 unspecified atom stereocenters. The molecule has 0 aromatic heterocycles. The molecule has 0 radical (unpaired) electrons. The molecule has 3 aromatic carbocycles. The van der Waals surface area contributed by atoms with E-state index in [1.54, 1.807) is 42.5 Å². The Labute approximate surface area is 150 Å². The van der Waals surface area contributed by atoms with Gasteiger partial charge in [0.2, 0.25) is 0 Å². The molecule has 0 saturated carbocycles. The molecule has 5 heteroatoms. The van der Waals surface area contributed by atoms with Crippen LogP contribution in [0.25, 0.3) is 0 Å². The summed E-state index contributed by atoms with van der Waals surface area (Å²) in [5.74, 6) is 0. The Balaban J connectivity index is 2.06. The van der Waals surface area contributed by atoms with E-state index in [0.29, 0.717) is 5.69 Å². The summed E-state index contributed by atoms with van der Waals surface area (Å²) in [6.45, 7) is 0.277. The van der Waals surface area contributed by atoms with Crippen molar-refractivity contribution in [2.45, 2.75) is 11.4 Å². The summed E-state index contributed by atoms with van der Waals surface area (Å²) in [4.78, 5) is 0.281. The van der Waals surface area contributed by atoms with Crippen molar-refractivity contribution in [1.82, 2.24) is 0 Å². The Morgan fingerprint density at radius 2 is 1.29 bits per heavy atom. The number of hydrogen-bond donors (Lipinski definition) is 0. The second-order valence-electron chi connectivity index (χ2n) is 5.29. The minimum absolute atomic E-state index is 0.277. The predicted octanol–water partition coefficient (Wildman–Crippen LogP) is 4.84. The molecule has 0 amide bonds. The Morgan fingerprint density at radius 3 is 1.88 bits per heavy atom. The molecule has 0 aliphatic rings. The largest absolute Gasteiger partial charge is 0.264 e. The lowest BCUT2D eigenvalue weighted by atomic mass is 10.2. The number of halogens is 1. The van der Waals surface area contributed by atoms with E-state index >= 15 is 0 Å². The van der Waals surface area contributed by atoms with Crippen LogP contribution in [-0.4, -0.2) is 8.42 Å². The van der Waals surface area contributed by atoms with Crippen molar-refractivity contribution >= 4 is 31.6 Å². The Bertz CT molecular complexity index is 895. The van der Waals surface area contributed by atoms with Crippen molar-refractivity contribution in [1.29, 1.82) is 0 Å². The average Bonchev–Trinajstić information content (AvgIpc) is 2.62. The van der Waals surface area contributed by atoms with Gasteiger partial charge in [0.05, 0.1) is 17.1 Å². The van der Waals surface area contributed by atoms with Gasteiger partial charge in [0, 0.05) is 4.47 Å². The van der Waals surface area contributed by atoms with Crippen molar-refractivity contribution in [3.63, 3.8) is 0 Å². The standard InChI is InChI=1S/C19H16BrNO2S/c20-17-11-13-18(14-12-17)21(15-16-7-3-1-4-8-16)24(22,23)19-9-5-2-6-10-19/h1-14H,15H2. The molecule has 0 saturated heterocycles. The zero-order valence-corrected chi connectivity index (χ0v) is 15.2. The molecule has 0 atom stereocenters. The SMILES string of the molecule is O=S(=O)(c1ccccc1)N(Cc1ccccc1)c1ccc(Br)cc1. The summed E-state index contributed by atoms with van der Waals surface area (Å²) >= 11 is 3.39. The van der Waals surface area contributed by atoms with Crippen molar-refractivity contribution < 1.29 is 8.42 Å². The first-order valence-electron chi connectivity index (χ1n) is 7.45.